The molecule has 4 N–H and O–H groups in total. The molecule has 2 atom stereocenters. The molecule has 0 bridgehead atoms. The lowest BCUT2D eigenvalue weighted by atomic mass is 9.90. The predicted octanol–water partition coefficient (Wildman–Crippen LogP) is 4.70. The Morgan fingerprint density at radius 3 is 2.46 bits per heavy atom. The van der Waals surface area contributed by atoms with Crippen LogP contribution in [0.1, 0.15) is 36.6 Å². The van der Waals surface area contributed by atoms with Crippen LogP contribution in [0.4, 0.5) is 0 Å². The van der Waals surface area contributed by atoms with Gasteiger partial charge >= 0.3 is 0 Å². The topological polar surface area (TPSA) is 103 Å². The summed E-state index contributed by atoms with van der Waals surface area (Å²) < 4.78 is 27.7. The van der Waals surface area contributed by atoms with Gasteiger partial charge in [-0.05, 0) is 55.8 Å². The largest absolute Gasteiger partial charge is 0.361 e. The van der Waals surface area contributed by atoms with Crippen molar-refractivity contribution in [3.63, 3.8) is 0 Å². The van der Waals surface area contributed by atoms with Crippen molar-refractivity contribution in [3.05, 3.63) is 101 Å². The number of H-pyrrole nitrogens is 1. The lowest BCUT2D eigenvalue weighted by molar-refractivity contribution is -0.127. The maximum atomic E-state index is 13.8. The van der Waals surface area contributed by atoms with Crippen LogP contribution in [-0.4, -0.2) is 31.9 Å². The molecule has 0 aliphatic rings. The van der Waals surface area contributed by atoms with E-state index in [0.717, 1.165) is 22.0 Å². The van der Waals surface area contributed by atoms with Crippen LogP contribution in [0.15, 0.2) is 83.9 Å². The summed E-state index contributed by atoms with van der Waals surface area (Å²) in [6.45, 7) is 3.92. The van der Waals surface area contributed by atoms with Crippen LogP contribution < -0.4 is 15.4 Å². The van der Waals surface area contributed by atoms with Crippen molar-refractivity contribution in [2.45, 2.75) is 43.3 Å². The average Bonchev–Trinajstić information content (AvgIpc) is 3.30. The average molecular weight is 539 g/mol. The molecule has 194 valence electrons. The second-order valence-electron chi connectivity index (χ2n) is 9.29. The van der Waals surface area contributed by atoms with Crippen molar-refractivity contribution in [2.75, 3.05) is 7.05 Å². The van der Waals surface area contributed by atoms with Crippen molar-refractivity contribution in [2.24, 2.45) is 0 Å². The number of hydrogen-bond donors (Lipinski definition) is 4. The number of nitrogens with one attached hydrogen (secondary N) is 4. The Balaban J connectivity index is 1.66. The summed E-state index contributed by atoms with van der Waals surface area (Å²) in [6.07, 6.45) is 2.30. The molecule has 1 amide bonds. The number of aromatic nitrogens is 1. The van der Waals surface area contributed by atoms with E-state index in [0.29, 0.717) is 17.0 Å². The highest BCUT2D eigenvalue weighted by Gasteiger charge is 2.35. The summed E-state index contributed by atoms with van der Waals surface area (Å²) in [5, 5.41) is 7.85. The zero-order valence-corrected chi connectivity index (χ0v) is 22.6. The van der Waals surface area contributed by atoms with Crippen molar-refractivity contribution < 1.29 is 13.2 Å². The van der Waals surface area contributed by atoms with Gasteiger partial charge in [0, 0.05) is 35.1 Å². The fourth-order valence-corrected chi connectivity index (χ4v) is 5.61. The third kappa shape index (κ3) is 6.05. The Labute approximate surface area is 222 Å². The van der Waals surface area contributed by atoms with Crippen molar-refractivity contribution >= 4 is 38.4 Å². The van der Waals surface area contributed by atoms with Gasteiger partial charge in [-0.2, -0.15) is 0 Å². The number of rotatable bonds is 10. The van der Waals surface area contributed by atoms with Crippen LogP contribution in [0.5, 0.6) is 0 Å². The summed E-state index contributed by atoms with van der Waals surface area (Å²) in [5.74, 6) is -0.193. The number of sulfonamides is 1. The van der Waals surface area contributed by atoms with Gasteiger partial charge in [-0.25, -0.2) is 13.1 Å². The molecular formula is C28H31ClN4O3S. The zero-order valence-electron chi connectivity index (χ0n) is 21.0. The van der Waals surface area contributed by atoms with Gasteiger partial charge in [-0.3, -0.25) is 10.1 Å². The first-order valence-corrected chi connectivity index (χ1v) is 13.9. The molecule has 7 nitrogen and oxygen atoms in total. The third-order valence-corrected chi connectivity index (χ3v) is 8.36. The first-order chi connectivity index (χ1) is 17.6. The summed E-state index contributed by atoms with van der Waals surface area (Å²) in [5.41, 5.74) is 2.40. The summed E-state index contributed by atoms with van der Waals surface area (Å²) in [6, 6.07) is 22.2. The number of hydrogen-bond acceptors (Lipinski definition) is 4. The van der Waals surface area contributed by atoms with E-state index in [2.05, 4.69) is 20.3 Å². The Morgan fingerprint density at radius 1 is 1.03 bits per heavy atom. The van der Waals surface area contributed by atoms with Gasteiger partial charge < -0.3 is 10.3 Å². The second-order valence-corrected chi connectivity index (χ2v) is 11.6. The fraction of sp³-hybridized carbons (Fsp3) is 0.250. The van der Waals surface area contributed by atoms with E-state index in [-0.39, 0.29) is 23.4 Å². The minimum Gasteiger partial charge on any atom is -0.361 e. The highest BCUT2D eigenvalue weighted by Crippen LogP contribution is 2.26. The molecule has 0 aliphatic carbocycles. The third-order valence-electron chi connectivity index (χ3n) is 6.62. The van der Waals surface area contributed by atoms with Crippen LogP contribution in [0.25, 0.3) is 10.9 Å². The number of amides is 1. The standard InChI is InChI=1S/C28H31ClN4O3S/c1-19(20-9-5-4-6-10-20)33-27(34)28(2,16-22-17-31-25-12-8-7-11-24(22)25)32-18-21-13-14-23(29)15-26(21)37(35,36)30-3/h4-15,17,19,30-32H,16,18H2,1-3H3,(H,33,34). The van der Waals surface area contributed by atoms with Crippen molar-refractivity contribution in [1.29, 1.82) is 0 Å². The van der Waals surface area contributed by atoms with Gasteiger partial charge in [0.2, 0.25) is 15.9 Å². The molecule has 0 spiro atoms. The first-order valence-electron chi connectivity index (χ1n) is 12.0. The molecule has 4 rings (SSSR count). The molecule has 37 heavy (non-hydrogen) atoms. The normalized spacial score (nSPS) is 14.3. The first kappa shape index (κ1) is 26.9. The molecule has 2 unspecified atom stereocenters. The van der Waals surface area contributed by atoms with E-state index in [1.165, 1.54) is 13.1 Å². The Morgan fingerprint density at radius 2 is 1.73 bits per heavy atom. The Hall–Kier alpha value is -3.17. The SMILES string of the molecule is CNS(=O)(=O)c1cc(Cl)ccc1CNC(C)(Cc1c[nH]c2ccccc12)C(=O)NC(C)c1ccccc1. The van der Waals surface area contributed by atoms with Gasteiger partial charge in [-0.15, -0.1) is 0 Å². The summed E-state index contributed by atoms with van der Waals surface area (Å²) in [7, 11) is -2.40. The molecule has 0 radical (unpaired) electrons. The van der Waals surface area contributed by atoms with E-state index in [1.807, 2.05) is 74.6 Å². The van der Waals surface area contributed by atoms with Crippen LogP contribution in [-0.2, 0) is 27.8 Å². The zero-order chi connectivity index (χ0) is 26.6. The number of benzene rings is 3. The number of carbonyl (C=O) groups is 1. The van der Waals surface area contributed by atoms with Crippen molar-refractivity contribution in [3.8, 4) is 0 Å². The lowest BCUT2D eigenvalue weighted by Gasteiger charge is -2.32. The monoisotopic (exact) mass is 538 g/mol. The van der Waals surface area contributed by atoms with Gasteiger partial charge in [0.1, 0.15) is 0 Å². The lowest BCUT2D eigenvalue weighted by Crippen LogP contribution is -2.56. The number of aromatic amines is 1. The molecule has 4 aromatic rings. The van der Waals surface area contributed by atoms with E-state index in [4.69, 9.17) is 11.6 Å². The van der Waals surface area contributed by atoms with Crippen molar-refractivity contribution in [1.82, 2.24) is 20.3 Å². The maximum absolute atomic E-state index is 13.8. The van der Waals surface area contributed by atoms with E-state index >= 15 is 0 Å². The summed E-state index contributed by atoms with van der Waals surface area (Å²) in [4.78, 5) is 17.1. The second kappa shape index (κ2) is 11.1. The van der Waals surface area contributed by atoms with E-state index < -0.39 is 15.6 Å². The molecular weight excluding hydrogens is 508 g/mol. The van der Waals surface area contributed by atoms with Gasteiger partial charge in [-0.1, -0.05) is 66.2 Å². The van der Waals surface area contributed by atoms with Crippen LogP contribution >= 0.6 is 11.6 Å². The highest BCUT2D eigenvalue weighted by molar-refractivity contribution is 7.89. The van der Waals surface area contributed by atoms with Crippen LogP contribution in [0.3, 0.4) is 0 Å². The fourth-order valence-electron chi connectivity index (χ4n) is 4.39. The van der Waals surface area contributed by atoms with Gasteiger partial charge in [0.15, 0.2) is 0 Å². The molecule has 0 fully saturated rings. The van der Waals surface area contributed by atoms with Crippen LogP contribution in [0, 0.1) is 0 Å². The molecule has 3 aromatic carbocycles. The molecule has 1 heterocycles. The Bertz CT molecular complexity index is 1500. The predicted molar refractivity (Wildman–Crippen MR) is 148 cm³/mol. The van der Waals surface area contributed by atoms with E-state index in [1.54, 1.807) is 12.1 Å². The molecule has 9 heteroatoms. The smallest absolute Gasteiger partial charge is 0.240 e. The molecule has 0 aliphatic heterocycles. The number of fused-ring (bicyclic) bond motifs is 1. The number of para-hydroxylation sites is 1. The summed E-state index contributed by atoms with van der Waals surface area (Å²) >= 11 is 6.11. The van der Waals surface area contributed by atoms with Gasteiger partial charge in [0.05, 0.1) is 16.5 Å². The maximum Gasteiger partial charge on any atom is 0.240 e. The molecule has 0 saturated heterocycles. The molecule has 1 aromatic heterocycles. The minimum absolute atomic E-state index is 0.0718. The minimum atomic E-state index is -3.75. The number of halogens is 1. The highest BCUT2D eigenvalue weighted by atomic mass is 35.5. The van der Waals surface area contributed by atoms with Crippen LogP contribution in [0.2, 0.25) is 5.02 Å². The molecule has 0 saturated carbocycles. The van der Waals surface area contributed by atoms with Gasteiger partial charge in [0.25, 0.3) is 0 Å². The Kier molecular flexibility index (Phi) is 8.04. The van der Waals surface area contributed by atoms with E-state index in [9.17, 15) is 13.2 Å². The quantitative estimate of drug-likeness (QED) is 0.235. The number of carbonyl (C=O) groups excluding carboxylic acids is 1.